The number of fused-ring (bicyclic) bond motifs is 1. The number of esters is 1. The van der Waals surface area contributed by atoms with Crippen LogP contribution in [-0.4, -0.2) is 22.9 Å². The summed E-state index contributed by atoms with van der Waals surface area (Å²) >= 11 is 0. The van der Waals surface area contributed by atoms with Gasteiger partial charge in [-0.25, -0.2) is 0 Å². The largest absolute Gasteiger partial charge is 0.469 e. The fourth-order valence-electron chi connectivity index (χ4n) is 1.79. The standard InChI is InChI=1S/C9H12N2O2/c1-13-9(12)6-7-3-5-11-8(7)2-4-10-11/h2,4,7H,3,5-6H2,1H3. The Morgan fingerprint density at radius 2 is 2.69 bits per heavy atom. The molecule has 0 saturated heterocycles. The van der Waals surface area contributed by atoms with Gasteiger partial charge in [0, 0.05) is 24.4 Å². The molecule has 1 aromatic rings. The molecule has 2 heterocycles. The van der Waals surface area contributed by atoms with E-state index in [0.29, 0.717) is 12.3 Å². The maximum Gasteiger partial charge on any atom is 0.306 e. The molecule has 0 radical (unpaired) electrons. The van der Waals surface area contributed by atoms with E-state index in [2.05, 4.69) is 9.84 Å². The van der Waals surface area contributed by atoms with Crippen LogP contribution in [0.4, 0.5) is 0 Å². The molecule has 1 atom stereocenters. The molecular formula is C9H12N2O2. The normalized spacial score (nSPS) is 19.9. The zero-order valence-corrected chi connectivity index (χ0v) is 7.56. The monoisotopic (exact) mass is 180 g/mol. The second-order valence-electron chi connectivity index (χ2n) is 3.25. The number of nitrogens with zero attached hydrogens (tertiary/aromatic N) is 2. The first-order valence-electron chi connectivity index (χ1n) is 4.40. The fourth-order valence-corrected chi connectivity index (χ4v) is 1.79. The van der Waals surface area contributed by atoms with E-state index in [1.54, 1.807) is 6.20 Å². The minimum absolute atomic E-state index is 0.139. The maximum atomic E-state index is 11.0. The molecule has 13 heavy (non-hydrogen) atoms. The molecule has 1 aromatic heterocycles. The fraction of sp³-hybridized carbons (Fsp3) is 0.556. The molecule has 0 amide bonds. The van der Waals surface area contributed by atoms with Crippen LogP contribution in [0.3, 0.4) is 0 Å². The Morgan fingerprint density at radius 3 is 3.46 bits per heavy atom. The molecule has 4 nitrogen and oxygen atoms in total. The van der Waals surface area contributed by atoms with E-state index >= 15 is 0 Å². The Balaban J connectivity index is 2.08. The number of hydrogen-bond acceptors (Lipinski definition) is 3. The highest BCUT2D eigenvalue weighted by Gasteiger charge is 2.25. The van der Waals surface area contributed by atoms with Crippen LogP contribution >= 0.6 is 0 Å². The summed E-state index contributed by atoms with van der Waals surface area (Å²) in [7, 11) is 1.43. The van der Waals surface area contributed by atoms with Gasteiger partial charge < -0.3 is 4.74 Å². The predicted molar refractivity (Wildman–Crippen MR) is 46.2 cm³/mol. The number of methoxy groups -OCH3 is 1. The van der Waals surface area contributed by atoms with Crippen molar-refractivity contribution < 1.29 is 9.53 Å². The van der Waals surface area contributed by atoms with E-state index in [9.17, 15) is 4.79 Å². The lowest BCUT2D eigenvalue weighted by Gasteiger charge is -2.05. The third-order valence-corrected chi connectivity index (χ3v) is 2.50. The zero-order valence-electron chi connectivity index (χ0n) is 7.56. The number of aromatic nitrogens is 2. The van der Waals surface area contributed by atoms with Gasteiger partial charge in [-0.15, -0.1) is 0 Å². The number of rotatable bonds is 2. The summed E-state index contributed by atoms with van der Waals surface area (Å²) in [6, 6.07) is 1.97. The van der Waals surface area contributed by atoms with Gasteiger partial charge in [-0.3, -0.25) is 9.48 Å². The van der Waals surface area contributed by atoms with Gasteiger partial charge in [0.2, 0.25) is 0 Å². The first-order valence-corrected chi connectivity index (χ1v) is 4.40. The number of aryl methyl sites for hydroxylation is 1. The van der Waals surface area contributed by atoms with E-state index in [-0.39, 0.29) is 5.97 Å². The van der Waals surface area contributed by atoms with Crippen LogP contribution in [0.1, 0.15) is 24.5 Å². The Labute approximate surface area is 76.5 Å². The molecule has 0 aromatic carbocycles. The van der Waals surface area contributed by atoms with Crippen molar-refractivity contribution in [3.8, 4) is 0 Å². The molecule has 0 spiro atoms. The van der Waals surface area contributed by atoms with Crippen LogP contribution in [-0.2, 0) is 16.1 Å². The van der Waals surface area contributed by atoms with Crippen LogP contribution in [0.5, 0.6) is 0 Å². The Bertz CT molecular complexity index is 319. The molecule has 4 heteroatoms. The van der Waals surface area contributed by atoms with Crippen LogP contribution < -0.4 is 0 Å². The lowest BCUT2D eigenvalue weighted by Crippen LogP contribution is -2.06. The van der Waals surface area contributed by atoms with Crippen molar-refractivity contribution in [3.63, 3.8) is 0 Å². The Kier molecular flexibility index (Phi) is 2.04. The van der Waals surface area contributed by atoms with Crippen molar-refractivity contribution in [2.24, 2.45) is 0 Å². The minimum atomic E-state index is -0.139. The van der Waals surface area contributed by atoms with Gasteiger partial charge >= 0.3 is 5.97 Å². The molecule has 0 fully saturated rings. The summed E-state index contributed by atoms with van der Waals surface area (Å²) in [5.41, 5.74) is 1.16. The van der Waals surface area contributed by atoms with Crippen molar-refractivity contribution in [2.75, 3.05) is 7.11 Å². The maximum absolute atomic E-state index is 11.0. The highest BCUT2D eigenvalue weighted by atomic mass is 16.5. The van der Waals surface area contributed by atoms with Gasteiger partial charge in [-0.2, -0.15) is 5.10 Å². The van der Waals surface area contributed by atoms with E-state index in [1.165, 1.54) is 7.11 Å². The van der Waals surface area contributed by atoms with Crippen molar-refractivity contribution >= 4 is 5.97 Å². The summed E-state index contributed by atoms with van der Waals surface area (Å²) < 4.78 is 6.59. The number of hydrogen-bond donors (Lipinski definition) is 0. The summed E-state index contributed by atoms with van der Waals surface area (Å²) in [6.45, 7) is 0.921. The molecule has 1 aliphatic heterocycles. The summed E-state index contributed by atoms with van der Waals surface area (Å²) in [5.74, 6) is 0.162. The average molecular weight is 180 g/mol. The summed E-state index contributed by atoms with van der Waals surface area (Å²) in [5, 5.41) is 4.14. The minimum Gasteiger partial charge on any atom is -0.469 e. The SMILES string of the molecule is COC(=O)CC1CCn2nccc21. The van der Waals surface area contributed by atoms with E-state index < -0.39 is 0 Å². The molecule has 70 valence electrons. The third kappa shape index (κ3) is 1.43. The van der Waals surface area contributed by atoms with Crippen molar-refractivity contribution in [3.05, 3.63) is 18.0 Å². The lowest BCUT2D eigenvalue weighted by molar-refractivity contribution is -0.141. The molecule has 0 N–H and O–H groups in total. The van der Waals surface area contributed by atoms with Gasteiger partial charge in [0.05, 0.1) is 13.5 Å². The highest BCUT2D eigenvalue weighted by Crippen LogP contribution is 2.29. The predicted octanol–water partition coefficient (Wildman–Crippen LogP) is 0.933. The molecule has 1 aliphatic rings. The van der Waals surface area contributed by atoms with Crippen LogP contribution in [0, 0.1) is 0 Å². The summed E-state index contributed by atoms with van der Waals surface area (Å²) in [6.07, 6.45) is 3.25. The second-order valence-corrected chi connectivity index (χ2v) is 3.25. The quantitative estimate of drug-likeness (QED) is 0.636. The zero-order chi connectivity index (χ0) is 9.26. The van der Waals surface area contributed by atoms with Gasteiger partial charge in [-0.05, 0) is 12.5 Å². The first-order chi connectivity index (χ1) is 6.31. The molecule has 2 rings (SSSR count). The molecular weight excluding hydrogens is 168 g/mol. The molecule has 0 saturated carbocycles. The smallest absolute Gasteiger partial charge is 0.306 e. The van der Waals surface area contributed by atoms with E-state index in [4.69, 9.17) is 0 Å². The van der Waals surface area contributed by atoms with Gasteiger partial charge in [-0.1, -0.05) is 0 Å². The first kappa shape index (κ1) is 8.29. The van der Waals surface area contributed by atoms with Gasteiger partial charge in [0.25, 0.3) is 0 Å². The molecule has 1 unspecified atom stereocenters. The van der Waals surface area contributed by atoms with Crippen LogP contribution in [0.25, 0.3) is 0 Å². The number of ether oxygens (including phenoxy) is 1. The van der Waals surface area contributed by atoms with E-state index in [0.717, 1.165) is 18.7 Å². The lowest BCUT2D eigenvalue weighted by atomic mass is 10.0. The Hall–Kier alpha value is -1.32. The molecule has 0 aliphatic carbocycles. The Morgan fingerprint density at radius 1 is 1.85 bits per heavy atom. The van der Waals surface area contributed by atoms with Crippen molar-refractivity contribution in [1.82, 2.24) is 9.78 Å². The summed E-state index contributed by atoms with van der Waals surface area (Å²) in [4.78, 5) is 11.0. The van der Waals surface area contributed by atoms with Crippen LogP contribution in [0.2, 0.25) is 0 Å². The van der Waals surface area contributed by atoms with Gasteiger partial charge in [0.1, 0.15) is 0 Å². The van der Waals surface area contributed by atoms with Crippen molar-refractivity contribution in [1.29, 1.82) is 0 Å². The van der Waals surface area contributed by atoms with Crippen molar-refractivity contribution in [2.45, 2.75) is 25.3 Å². The third-order valence-electron chi connectivity index (χ3n) is 2.50. The average Bonchev–Trinajstić information content (AvgIpc) is 2.69. The topological polar surface area (TPSA) is 44.1 Å². The highest BCUT2D eigenvalue weighted by molar-refractivity contribution is 5.70. The van der Waals surface area contributed by atoms with Crippen LogP contribution in [0.15, 0.2) is 12.3 Å². The van der Waals surface area contributed by atoms with E-state index in [1.807, 2.05) is 10.7 Å². The second kappa shape index (κ2) is 3.20. The number of carbonyl (C=O) groups excluding carboxylic acids is 1. The number of carbonyl (C=O) groups is 1. The van der Waals surface area contributed by atoms with Gasteiger partial charge in [0.15, 0.2) is 0 Å². The molecule has 0 bridgehead atoms.